The second kappa shape index (κ2) is 6.09. The number of methoxy groups -OCH3 is 1. The summed E-state index contributed by atoms with van der Waals surface area (Å²) in [5.41, 5.74) is -0.524. The van der Waals surface area contributed by atoms with E-state index in [2.05, 4.69) is 11.4 Å². The molecule has 0 aromatic heterocycles. The highest BCUT2D eigenvalue weighted by molar-refractivity contribution is 5.05. The van der Waals surface area contributed by atoms with E-state index in [-0.39, 0.29) is 0 Å². The minimum Gasteiger partial charge on any atom is -0.382 e. The molecule has 0 saturated heterocycles. The van der Waals surface area contributed by atoms with Crippen LogP contribution in [0.25, 0.3) is 0 Å². The lowest BCUT2D eigenvalue weighted by Crippen LogP contribution is -2.50. The summed E-state index contributed by atoms with van der Waals surface area (Å²) < 4.78 is 5.09. The quantitative estimate of drug-likeness (QED) is 0.724. The van der Waals surface area contributed by atoms with Crippen molar-refractivity contribution in [2.75, 3.05) is 13.7 Å². The first-order chi connectivity index (χ1) is 7.20. The van der Waals surface area contributed by atoms with Crippen molar-refractivity contribution in [2.45, 2.75) is 57.0 Å². The summed E-state index contributed by atoms with van der Waals surface area (Å²) in [5.74, 6) is 0. The summed E-state index contributed by atoms with van der Waals surface area (Å²) >= 11 is 0. The van der Waals surface area contributed by atoms with Gasteiger partial charge in [-0.05, 0) is 19.8 Å². The molecule has 0 amide bonds. The number of hydrogen-bond acceptors (Lipinski definition) is 3. The van der Waals surface area contributed by atoms with Crippen molar-refractivity contribution in [3.63, 3.8) is 0 Å². The maximum Gasteiger partial charge on any atom is 0.127 e. The Balaban J connectivity index is 2.46. The Hall–Kier alpha value is -0.590. The number of ether oxygens (including phenoxy) is 1. The molecule has 1 rings (SSSR count). The molecular formula is C12H22N2O. The molecule has 0 spiro atoms. The lowest BCUT2D eigenvalue weighted by molar-refractivity contribution is 0.136. The van der Waals surface area contributed by atoms with Gasteiger partial charge in [0.25, 0.3) is 0 Å². The van der Waals surface area contributed by atoms with Crippen molar-refractivity contribution in [3.05, 3.63) is 0 Å². The number of nitrogens with one attached hydrogen (secondary N) is 1. The molecule has 0 aromatic rings. The summed E-state index contributed by atoms with van der Waals surface area (Å²) in [7, 11) is 1.64. The minimum absolute atomic E-state index is 0.458. The molecule has 15 heavy (non-hydrogen) atoms. The fourth-order valence-corrected chi connectivity index (χ4v) is 2.27. The summed E-state index contributed by atoms with van der Waals surface area (Å²) in [6.07, 6.45) is 7.64. The van der Waals surface area contributed by atoms with E-state index in [0.717, 1.165) is 0 Å². The van der Waals surface area contributed by atoms with E-state index in [1.807, 2.05) is 6.92 Å². The highest BCUT2D eigenvalue weighted by atomic mass is 16.5. The third kappa shape index (κ3) is 4.19. The molecule has 1 aliphatic carbocycles. The predicted octanol–water partition coefficient (Wildman–Crippen LogP) is 2.23. The first kappa shape index (κ1) is 12.5. The van der Waals surface area contributed by atoms with Gasteiger partial charge in [0.05, 0.1) is 12.7 Å². The van der Waals surface area contributed by atoms with Crippen LogP contribution in [0.15, 0.2) is 0 Å². The van der Waals surface area contributed by atoms with Crippen LogP contribution in [-0.4, -0.2) is 25.3 Å². The Kier molecular flexibility index (Phi) is 5.07. The predicted molar refractivity (Wildman–Crippen MR) is 60.5 cm³/mol. The molecule has 0 bridgehead atoms. The molecule has 0 aromatic carbocycles. The zero-order valence-electron chi connectivity index (χ0n) is 9.88. The molecular weight excluding hydrogens is 188 g/mol. The lowest BCUT2D eigenvalue weighted by atomic mass is 10.0. The molecule has 1 N–H and O–H groups in total. The second-order valence-corrected chi connectivity index (χ2v) is 4.71. The molecule has 86 valence electrons. The van der Waals surface area contributed by atoms with Crippen molar-refractivity contribution in [1.82, 2.24) is 5.32 Å². The highest BCUT2D eigenvalue weighted by Gasteiger charge is 2.27. The molecule has 0 heterocycles. The van der Waals surface area contributed by atoms with Gasteiger partial charge in [-0.25, -0.2) is 0 Å². The van der Waals surface area contributed by atoms with Crippen LogP contribution in [0, 0.1) is 11.3 Å². The van der Waals surface area contributed by atoms with Crippen molar-refractivity contribution >= 4 is 0 Å². The SMILES string of the molecule is COCC(C)(C#N)NC1CCCCCC1. The van der Waals surface area contributed by atoms with Gasteiger partial charge in [0, 0.05) is 13.2 Å². The molecule has 3 heteroatoms. The van der Waals surface area contributed by atoms with Crippen molar-refractivity contribution in [2.24, 2.45) is 0 Å². The first-order valence-corrected chi connectivity index (χ1v) is 5.88. The third-order valence-corrected chi connectivity index (χ3v) is 3.06. The number of nitriles is 1. The van der Waals surface area contributed by atoms with E-state index < -0.39 is 5.54 Å². The monoisotopic (exact) mass is 210 g/mol. The van der Waals surface area contributed by atoms with Crippen LogP contribution in [0.4, 0.5) is 0 Å². The molecule has 1 unspecified atom stereocenters. The summed E-state index contributed by atoms with van der Waals surface area (Å²) in [5, 5.41) is 12.6. The van der Waals surface area contributed by atoms with E-state index in [0.29, 0.717) is 12.6 Å². The van der Waals surface area contributed by atoms with Gasteiger partial charge in [0.1, 0.15) is 5.54 Å². The minimum atomic E-state index is -0.524. The van der Waals surface area contributed by atoms with Gasteiger partial charge in [-0.3, -0.25) is 5.32 Å². The van der Waals surface area contributed by atoms with Crippen LogP contribution in [0.2, 0.25) is 0 Å². The first-order valence-electron chi connectivity index (χ1n) is 5.88. The van der Waals surface area contributed by atoms with Gasteiger partial charge in [-0.15, -0.1) is 0 Å². The molecule has 1 atom stereocenters. The van der Waals surface area contributed by atoms with Crippen molar-refractivity contribution < 1.29 is 4.74 Å². The van der Waals surface area contributed by atoms with Crippen LogP contribution in [0.1, 0.15) is 45.4 Å². The van der Waals surface area contributed by atoms with E-state index in [1.165, 1.54) is 38.5 Å². The van der Waals surface area contributed by atoms with Crippen molar-refractivity contribution in [1.29, 1.82) is 5.26 Å². The van der Waals surface area contributed by atoms with Gasteiger partial charge in [-0.1, -0.05) is 25.7 Å². The van der Waals surface area contributed by atoms with Crippen molar-refractivity contribution in [3.8, 4) is 6.07 Å². The Morgan fingerprint density at radius 1 is 1.33 bits per heavy atom. The Morgan fingerprint density at radius 2 is 1.93 bits per heavy atom. The summed E-state index contributed by atoms with van der Waals surface area (Å²) in [6, 6.07) is 2.80. The molecule has 3 nitrogen and oxygen atoms in total. The van der Waals surface area contributed by atoms with E-state index in [4.69, 9.17) is 10.00 Å². The molecule has 1 fully saturated rings. The Morgan fingerprint density at radius 3 is 2.40 bits per heavy atom. The zero-order chi connectivity index (χ0) is 11.1. The average molecular weight is 210 g/mol. The topological polar surface area (TPSA) is 45.0 Å². The van der Waals surface area contributed by atoms with E-state index in [9.17, 15) is 0 Å². The smallest absolute Gasteiger partial charge is 0.127 e. The number of hydrogen-bond donors (Lipinski definition) is 1. The number of rotatable bonds is 4. The molecule has 0 radical (unpaired) electrons. The van der Waals surface area contributed by atoms with Gasteiger partial charge in [-0.2, -0.15) is 5.26 Å². The van der Waals surface area contributed by atoms with Gasteiger partial charge in [0.2, 0.25) is 0 Å². The Bertz CT molecular complexity index is 216. The van der Waals surface area contributed by atoms with E-state index >= 15 is 0 Å². The normalized spacial score (nSPS) is 22.7. The van der Waals surface area contributed by atoms with Crippen LogP contribution < -0.4 is 5.32 Å². The highest BCUT2D eigenvalue weighted by Crippen LogP contribution is 2.19. The third-order valence-electron chi connectivity index (χ3n) is 3.06. The standard InChI is InChI=1S/C12H22N2O/c1-12(9-13,10-15-2)14-11-7-5-3-4-6-8-11/h11,14H,3-8,10H2,1-2H3. The van der Waals surface area contributed by atoms with E-state index in [1.54, 1.807) is 7.11 Å². The molecule has 1 saturated carbocycles. The van der Waals surface area contributed by atoms with Gasteiger partial charge < -0.3 is 4.74 Å². The molecule has 1 aliphatic rings. The zero-order valence-corrected chi connectivity index (χ0v) is 9.88. The Labute approximate surface area is 92.8 Å². The molecule has 0 aliphatic heterocycles. The summed E-state index contributed by atoms with van der Waals surface area (Å²) in [6.45, 7) is 2.38. The maximum atomic E-state index is 9.12. The van der Waals surface area contributed by atoms with Crippen LogP contribution in [0.3, 0.4) is 0 Å². The van der Waals surface area contributed by atoms with Crippen LogP contribution >= 0.6 is 0 Å². The van der Waals surface area contributed by atoms with Gasteiger partial charge >= 0.3 is 0 Å². The maximum absolute atomic E-state index is 9.12. The summed E-state index contributed by atoms with van der Waals surface area (Å²) in [4.78, 5) is 0. The number of nitrogens with zero attached hydrogens (tertiary/aromatic N) is 1. The lowest BCUT2D eigenvalue weighted by Gasteiger charge is -2.28. The van der Waals surface area contributed by atoms with Crippen LogP contribution in [0.5, 0.6) is 0 Å². The van der Waals surface area contributed by atoms with Crippen LogP contribution in [-0.2, 0) is 4.74 Å². The fraction of sp³-hybridized carbons (Fsp3) is 0.917. The fourth-order valence-electron chi connectivity index (χ4n) is 2.27. The largest absolute Gasteiger partial charge is 0.382 e. The second-order valence-electron chi connectivity index (χ2n) is 4.71. The van der Waals surface area contributed by atoms with Gasteiger partial charge in [0.15, 0.2) is 0 Å². The average Bonchev–Trinajstić information content (AvgIpc) is 2.47.